The SMILES string of the molecule is Cc1cccc(CN2CCN(C(=O)n3ccc(C(=O)O)n3)C(C)C2)c1. The molecule has 0 saturated carbocycles. The van der Waals surface area contributed by atoms with Crippen molar-refractivity contribution in [2.45, 2.75) is 26.4 Å². The Labute approximate surface area is 146 Å². The molecule has 1 N–H and O–H groups in total. The number of nitrogens with zero attached hydrogens (tertiary/aromatic N) is 4. The van der Waals surface area contributed by atoms with E-state index in [9.17, 15) is 9.59 Å². The van der Waals surface area contributed by atoms with Crippen LogP contribution in [-0.2, 0) is 6.54 Å². The van der Waals surface area contributed by atoms with Crippen molar-refractivity contribution in [3.8, 4) is 0 Å². The molecule has 1 aromatic carbocycles. The van der Waals surface area contributed by atoms with E-state index in [1.165, 1.54) is 23.4 Å². The van der Waals surface area contributed by atoms with E-state index < -0.39 is 5.97 Å². The highest BCUT2D eigenvalue weighted by atomic mass is 16.4. The monoisotopic (exact) mass is 342 g/mol. The Morgan fingerprint density at radius 1 is 1.28 bits per heavy atom. The minimum atomic E-state index is -1.14. The smallest absolute Gasteiger partial charge is 0.356 e. The van der Waals surface area contributed by atoms with Crippen LogP contribution in [0.15, 0.2) is 36.5 Å². The van der Waals surface area contributed by atoms with Crippen LogP contribution in [0.3, 0.4) is 0 Å². The lowest BCUT2D eigenvalue weighted by atomic mass is 10.1. The van der Waals surface area contributed by atoms with Gasteiger partial charge >= 0.3 is 12.0 Å². The molecule has 1 atom stereocenters. The average Bonchev–Trinajstić information content (AvgIpc) is 3.05. The molecule has 1 unspecified atom stereocenters. The minimum absolute atomic E-state index is 0.0311. The molecule has 2 heterocycles. The third kappa shape index (κ3) is 3.88. The summed E-state index contributed by atoms with van der Waals surface area (Å²) < 4.78 is 1.11. The molecule has 1 aromatic heterocycles. The molecule has 0 bridgehead atoms. The lowest BCUT2D eigenvalue weighted by Crippen LogP contribution is -2.54. The first-order valence-electron chi connectivity index (χ1n) is 8.32. The van der Waals surface area contributed by atoms with E-state index in [1.54, 1.807) is 4.90 Å². The maximum Gasteiger partial charge on any atom is 0.356 e. The van der Waals surface area contributed by atoms with Gasteiger partial charge in [-0.1, -0.05) is 29.8 Å². The highest BCUT2D eigenvalue weighted by Gasteiger charge is 2.29. The topological polar surface area (TPSA) is 78.7 Å². The third-order valence-corrected chi connectivity index (χ3v) is 4.45. The van der Waals surface area contributed by atoms with Crippen molar-refractivity contribution >= 4 is 12.0 Å². The van der Waals surface area contributed by atoms with Crippen LogP contribution >= 0.6 is 0 Å². The molecule has 0 radical (unpaired) electrons. The Bertz CT molecular complexity index is 786. The molecule has 0 aliphatic carbocycles. The van der Waals surface area contributed by atoms with E-state index in [0.29, 0.717) is 6.54 Å². The molecule has 1 aliphatic heterocycles. The number of carboxylic acids is 1. The summed E-state index contributed by atoms with van der Waals surface area (Å²) in [6.07, 6.45) is 1.40. The van der Waals surface area contributed by atoms with Crippen LogP contribution in [0.25, 0.3) is 0 Å². The molecule has 1 aliphatic rings. The summed E-state index contributed by atoms with van der Waals surface area (Å²) in [5.41, 5.74) is 2.39. The van der Waals surface area contributed by atoms with Gasteiger partial charge in [-0.05, 0) is 25.5 Å². The number of aryl methyl sites for hydroxylation is 1. The Hall–Kier alpha value is -2.67. The van der Waals surface area contributed by atoms with Crippen molar-refractivity contribution in [1.29, 1.82) is 0 Å². The molecule has 1 amide bonds. The fourth-order valence-electron chi connectivity index (χ4n) is 3.21. The van der Waals surface area contributed by atoms with Crippen LogP contribution in [0, 0.1) is 6.92 Å². The predicted molar refractivity (Wildman–Crippen MR) is 92.6 cm³/mol. The number of carbonyl (C=O) groups excluding carboxylic acids is 1. The molecular formula is C18H22N4O3. The number of hydrogen-bond acceptors (Lipinski definition) is 4. The molecule has 7 heteroatoms. The standard InChI is InChI=1S/C18H22N4O3/c1-13-4-3-5-15(10-13)12-20-8-9-21(14(2)11-20)18(25)22-7-6-16(19-22)17(23)24/h3-7,10,14H,8-9,11-12H2,1-2H3,(H,23,24). The van der Waals surface area contributed by atoms with Crippen molar-refractivity contribution in [3.05, 3.63) is 53.3 Å². The molecule has 0 spiro atoms. The average molecular weight is 342 g/mol. The Morgan fingerprint density at radius 2 is 2.08 bits per heavy atom. The predicted octanol–water partition coefficient (Wildman–Crippen LogP) is 2.06. The highest BCUT2D eigenvalue weighted by Crippen LogP contribution is 2.15. The van der Waals surface area contributed by atoms with Crippen molar-refractivity contribution in [3.63, 3.8) is 0 Å². The number of piperazine rings is 1. The van der Waals surface area contributed by atoms with Crippen LogP contribution < -0.4 is 0 Å². The summed E-state index contributed by atoms with van der Waals surface area (Å²) in [5, 5.41) is 12.8. The van der Waals surface area contributed by atoms with Crippen LogP contribution in [0.5, 0.6) is 0 Å². The second-order valence-electron chi connectivity index (χ2n) is 6.50. The van der Waals surface area contributed by atoms with E-state index in [1.807, 2.05) is 6.92 Å². The Morgan fingerprint density at radius 3 is 2.72 bits per heavy atom. The van der Waals surface area contributed by atoms with Gasteiger partial charge in [-0.25, -0.2) is 9.59 Å². The number of aromatic carboxylic acids is 1. The number of carboxylic acid groups (broad SMARTS) is 1. The van der Waals surface area contributed by atoms with Gasteiger partial charge in [-0.3, -0.25) is 4.90 Å². The first kappa shape index (κ1) is 17.2. The third-order valence-electron chi connectivity index (χ3n) is 4.45. The highest BCUT2D eigenvalue weighted by molar-refractivity contribution is 5.86. The van der Waals surface area contributed by atoms with E-state index >= 15 is 0 Å². The van der Waals surface area contributed by atoms with Crippen molar-refractivity contribution < 1.29 is 14.7 Å². The fourth-order valence-corrected chi connectivity index (χ4v) is 3.21. The number of amides is 1. The second kappa shape index (κ2) is 7.06. The van der Waals surface area contributed by atoms with Crippen molar-refractivity contribution in [2.75, 3.05) is 19.6 Å². The van der Waals surface area contributed by atoms with Crippen molar-refractivity contribution in [2.24, 2.45) is 0 Å². The Balaban J connectivity index is 1.63. The maximum absolute atomic E-state index is 12.6. The second-order valence-corrected chi connectivity index (χ2v) is 6.50. The molecule has 132 valence electrons. The van der Waals surface area contributed by atoms with Crippen LogP contribution in [-0.4, -0.2) is 62.4 Å². The van der Waals surface area contributed by atoms with Gasteiger partial charge in [0, 0.05) is 38.4 Å². The molecule has 1 saturated heterocycles. The summed E-state index contributed by atoms with van der Waals surface area (Å²) in [5.74, 6) is -1.14. The fraction of sp³-hybridized carbons (Fsp3) is 0.389. The molecule has 25 heavy (non-hydrogen) atoms. The molecular weight excluding hydrogens is 320 g/mol. The number of carbonyl (C=O) groups is 2. The summed E-state index contributed by atoms with van der Waals surface area (Å²) in [6.45, 7) is 7.08. The largest absolute Gasteiger partial charge is 0.476 e. The van der Waals surface area contributed by atoms with Gasteiger partial charge < -0.3 is 10.0 Å². The van der Waals surface area contributed by atoms with E-state index in [4.69, 9.17) is 5.11 Å². The molecule has 7 nitrogen and oxygen atoms in total. The van der Waals surface area contributed by atoms with E-state index in [-0.39, 0.29) is 17.8 Å². The lowest BCUT2D eigenvalue weighted by Gasteiger charge is -2.39. The minimum Gasteiger partial charge on any atom is -0.476 e. The maximum atomic E-state index is 12.6. The van der Waals surface area contributed by atoms with E-state index in [0.717, 1.165) is 24.3 Å². The zero-order chi connectivity index (χ0) is 18.0. The van der Waals surface area contributed by atoms with Gasteiger partial charge in [-0.15, -0.1) is 0 Å². The van der Waals surface area contributed by atoms with Crippen LogP contribution in [0.1, 0.15) is 28.5 Å². The van der Waals surface area contributed by atoms with Crippen LogP contribution in [0.4, 0.5) is 4.79 Å². The number of benzene rings is 1. The lowest BCUT2D eigenvalue weighted by molar-refractivity contribution is 0.0689. The van der Waals surface area contributed by atoms with Gasteiger partial charge in [0.05, 0.1) is 0 Å². The van der Waals surface area contributed by atoms with Crippen molar-refractivity contribution in [1.82, 2.24) is 19.6 Å². The molecule has 2 aromatic rings. The zero-order valence-corrected chi connectivity index (χ0v) is 14.4. The first-order chi connectivity index (χ1) is 11.9. The number of aromatic nitrogens is 2. The van der Waals surface area contributed by atoms with Gasteiger partial charge in [0.15, 0.2) is 5.69 Å². The van der Waals surface area contributed by atoms with Crippen LogP contribution in [0.2, 0.25) is 0 Å². The normalized spacial score (nSPS) is 18.3. The molecule has 1 fully saturated rings. The summed E-state index contributed by atoms with van der Waals surface area (Å²) in [4.78, 5) is 27.6. The number of hydrogen-bond donors (Lipinski definition) is 1. The number of rotatable bonds is 3. The van der Waals surface area contributed by atoms with Gasteiger partial charge in [0.25, 0.3) is 0 Å². The summed E-state index contributed by atoms with van der Waals surface area (Å²) >= 11 is 0. The Kier molecular flexibility index (Phi) is 4.85. The van der Waals surface area contributed by atoms with E-state index in [2.05, 4.69) is 41.2 Å². The van der Waals surface area contributed by atoms with Gasteiger partial charge in [0.1, 0.15) is 0 Å². The first-order valence-corrected chi connectivity index (χ1v) is 8.32. The summed E-state index contributed by atoms with van der Waals surface area (Å²) in [6, 6.07) is 9.52. The zero-order valence-electron chi connectivity index (χ0n) is 14.4. The molecule has 3 rings (SSSR count). The van der Waals surface area contributed by atoms with Gasteiger partial charge in [-0.2, -0.15) is 9.78 Å². The summed E-state index contributed by atoms with van der Waals surface area (Å²) in [7, 11) is 0. The van der Waals surface area contributed by atoms with Gasteiger partial charge in [0.2, 0.25) is 0 Å². The quantitative estimate of drug-likeness (QED) is 0.924.